The molecule has 0 amide bonds. The number of ether oxygens (including phenoxy) is 1. The Bertz CT molecular complexity index is 547. The minimum Gasteiger partial charge on any atom is -0.458 e. The maximum Gasteiger partial charge on any atom is 0.334 e. The first-order valence-electron chi connectivity index (χ1n) is 9.08. The molecular formula is C20H30O3. The summed E-state index contributed by atoms with van der Waals surface area (Å²) < 4.78 is 5.05. The van der Waals surface area contributed by atoms with E-state index in [1.807, 2.05) is 6.08 Å². The number of hydrogen-bond donors (Lipinski definition) is 1. The highest BCUT2D eigenvalue weighted by Crippen LogP contribution is 2.61. The Morgan fingerprint density at radius 3 is 2.78 bits per heavy atom. The van der Waals surface area contributed by atoms with E-state index in [0.717, 1.165) is 44.1 Å². The lowest BCUT2D eigenvalue weighted by molar-refractivity contribution is -0.136. The summed E-state index contributed by atoms with van der Waals surface area (Å²) in [4.78, 5) is 11.7. The van der Waals surface area contributed by atoms with Gasteiger partial charge in [-0.3, -0.25) is 0 Å². The van der Waals surface area contributed by atoms with E-state index in [-0.39, 0.29) is 23.4 Å². The van der Waals surface area contributed by atoms with Crippen LogP contribution in [0.2, 0.25) is 0 Å². The largest absolute Gasteiger partial charge is 0.458 e. The highest BCUT2D eigenvalue weighted by Gasteiger charge is 2.55. The van der Waals surface area contributed by atoms with E-state index >= 15 is 0 Å². The molecule has 128 valence electrons. The third kappa shape index (κ3) is 2.57. The van der Waals surface area contributed by atoms with E-state index < -0.39 is 0 Å². The molecule has 3 nitrogen and oxygen atoms in total. The molecule has 1 saturated carbocycles. The van der Waals surface area contributed by atoms with Gasteiger partial charge in [-0.1, -0.05) is 25.5 Å². The number of allylic oxidation sites excluding steroid dienone is 1. The number of aliphatic hydroxyl groups excluding tert-OH is 1. The summed E-state index contributed by atoms with van der Waals surface area (Å²) in [7, 11) is 0. The van der Waals surface area contributed by atoms with Gasteiger partial charge in [0.15, 0.2) is 0 Å². The molecule has 23 heavy (non-hydrogen) atoms. The molecule has 0 radical (unpaired) electrons. The fraction of sp³-hybridized carbons (Fsp3) is 0.750. The minimum atomic E-state index is -0.134. The van der Waals surface area contributed by atoms with Crippen LogP contribution in [0.1, 0.15) is 59.3 Å². The Kier molecular flexibility index (Phi) is 4.43. The van der Waals surface area contributed by atoms with Gasteiger partial charge in [0.25, 0.3) is 0 Å². The van der Waals surface area contributed by atoms with E-state index in [1.54, 1.807) is 0 Å². The summed E-state index contributed by atoms with van der Waals surface area (Å²) in [5, 5.41) is 10.3. The van der Waals surface area contributed by atoms with Gasteiger partial charge in [0.1, 0.15) is 6.61 Å². The summed E-state index contributed by atoms with van der Waals surface area (Å²) in [5.41, 5.74) is 2.36. The predicted molar refractivity (Wildman–Crippen MR) is 90.8 cm³/mol. The van der Waals surface area contributed by atoms with Gasteiger partial charge in [-0.2, -0.15) is 0 Å². The van der Waals surface area contributed by atoms with Gasteiger partial charge in [-0.15, -0.1) is 0 Å². The Labute approximate surface area is 139 Å². The molecule has 0 unspecified atom stereocenters. The third-order valence-electron chi connectivity index (χ3n) is 7.33. The first-order chi connectivity index (χ1) is 10.9. The number of esters is 1. The monoisotopic (exact) mass is 318 g/mol. The number of rotatable bonds is 4. The zero-order valence-corrected chi connectivity index (χ0v) is 14.7. The second-order valence-electron chi connectivity index (χ2n) is 8.10. The Morgan fingerprint density at radius 1 is 1.35 bits per heavy atom. The molecule has 1 aliphatic heterocycles. The summed E-state index contributed by atoms with van der Waals surface area (Å²) in [5.74, 6) is 0.994. The normalized spacial score (nSPS) is 40.3. The maximum atomic E-state index is 11.7. The van der Waals surface area contributed by atoms with Gasteiger partial charge in [0, 0.05) is 11.0 Å². The van der Waals surface area contributed by atoms with E-state index in [9.17, 15) is 9.90 Å². The van der Waals surface area contributed by atoms with Crippen molar-refractivity contribution in [1.29, 1.82) is 0 Å². The van der Waals surface area contributed by atoms with Crippen molar-refractivity contribution in [3.63, 3.8) is 0 Å². The van der Waals surface area contributed by atoms with Crippen molar-refractivity contribution in [2.45, 2.75) is 59.3 Å². The molecule has 0 aromatic heterocycles. The molecule has 1 N–H and O–H groups in total. The molecule has 0 aromatic rings. The van der Waals surface area contributed by atoms with Crippen LogP contribution in [-0.2, 0) is 9.53 Å². The van der Waals surface area contributed by atoms with Crippen LogP contribution in [0.25, 0.3) is 0 Å². The molecule has 3 heteroatoms. The first kappa shape index (κ1) is 16.8. The van der Waals surface area contributed by atoms with Gasteiger partial charge in [-0.05, 0) is 68.8 Å². The first-order valence-corrected chi connectivity index (χ1v) is 9.08. The lowest BCUT2D eigenvalue weighted by Gasteiger charge is -2.58. The Balaban J connectivity index is 1.86. The van der Waals surface area contributed by atoms with E-state index in [1.165, 1.54) is 5.57 Å². The molecule has 4 atom stereocenters. The van der Waals surface area contributed by atoms with Crippen molar-refractivity contribution in [2.75, 3.05) is 13.2 Å². The number of aliphatic hydroxyl groups is 1. The smallest absolute Gasteiger partial charge is 0.334 e. The molecular weight excluding hydrogens is 288 g/mol. The van der Waals surface area contributed by atoms with Crippen LogP contribution in [0.5, 0.6) is 0 Å². The van der Waals surface area contributed by atoms with Crippen LogP contribution in [0.15, 0.2) is 23.3 Å². The molecule has 1 heterocycles. The summed E-state index contributed by atoms with van der Waals surface area (Å²) in [6, 6.07) is 0. The maximum absolute atomic E-state index is 11.7. The molecule has 0 spiro atoms. The van der Waals surface area contributed by atoms with Crippen molar-refractivity contribution in [3.8, 4) is 0 Å². The van der Waals surface area contributed by atoms with Crippen LogP contribution >= 0.6 is 0 Å². The predicted octanol–water partition coefficient (Wildman–Crippen LogP) is 4.02. The van der Waals surface area contributed by atoms with Crippen LogP contribution in [0.3, 0.4) is 0 Å². The van der Waals surface area contributed by atoms with Crippen molar-refractivity contribution >= 4 is 5.97 Å². The zero-order chi connectivity index (χ0) is 16.7. The summed E-state index contributed by atoms with van der Waals surface area (Å²) in [6.45, 7) is 7.65. The van der Waals surface area contributed by atoms with Crippen molar-refractivity contribution < 1.29 is 14.6 Å². The molecule has 0 saturated heterocycles. The van der Waals surface area contributed by atoms with E-state index in [0.29, 0.717) is 18.4 Å². The number of carbonyl (C=O) groups is 1. The van der Waals surface area contributed by atoms with Crippen LogP contribution in [-0.4, -0.2) is 24.3 Å². The van der Waals surface area contributed by atoms with Gasteiger partial charge >= 0.3 is 5.97 Å². The SMILES string of the molecule is CC1=CCC[C@H]2[C@@]1(CO)CC[C@@H](C)[C@]2(C)CCC1=CCOC1=O. The van der Waals surface area contributed by atoms with Crippen molar-refractivity contribution in [1.82, 2.24) is 0 Å². The van der Waals surface area contributed by atoms with Crippen molar-refractivity contribution in [2.24, 2.45) is 22.7 Å². The second kappa shape index (κ2) is 6.08. The molecule has 2 aliphatic carbocycles. The van der Waals surface area contributed by atoms with Crippen molar-refractivity contribution in [3.05, 3.63) is 23.3 Å². The number of fused-ring (bicyclic) bond motifs is 1. The van der Waals surface area contributed by atoms with Gasteiger partial charge in [-0.25, -0.2) is 4.79 Å². The average Bonchev–Trinajstić information content (AvgIpc) is 2.95. The quantitative estimate of drug-likeness (QED) is 0.629. The molecule has 3 rings (SSSR count). The Morgan fingerprint density at radius 2 is 2.13 bits per heavy atom. The third-order valence-corrected chi connectivity index (χ3v) is 7.33. The highest BCUT2D eigenvalue weighted by atomic mass is 16.5. The fourth-order valence-corrected chi connectivity index (χ4v) is 5.44. The van der Waals surface area contributed by atoms with Gasteiger partial charge < -0.3 is 9.84 Å². The highest BCUT2D eigenvalue weighted by molar-refractivity contribution is 5.90. The fourth-order valence-electron chi connectivity index (χ4n) is 5.44. The number of cyclic esters (lactones) is 1. The van der Waals surface area contributed by atoms with E-state index in [2.05, 4.69) is 26.8 Å². The van der Waals surface area contributed by atoms with Crippen LogP contribution < -0.4 is 0 Å². The summed E-state index contributed by atoms with van der Waals surface area (Å²) >= 11 is 0. The van der Waals surface area contributed by atoms with Gasteiger partial charge in [0.2, 0.25) is 0 Å². The molecule has 1 fully saturated rings. The number of hydrogen-bond acceptors (Lipinski definition) is 3. The standard InChI is InChI=1S/C20H30O3/c1-14-7-11-20(13-21)15(2)5-4-6-17(20)19(14,3)10-8-16-9-12-23-18(16)22/h5,9,14,17,21H,4,6-8,10-13H2,1-3H3/t14-,17-,19+,20-/m1/s1. The molecule has 3 aliphatic rings. The lowest BCUT2D eigenvalue weighted by Crippen LogP contribution is -2.52. The van der Waals surface area contributed by atoms with E-state index in [4.69, 9.17) is 4.74 Å². The Hall–Kier alpha value is -1.09. The average molecular weight is 318 g/mol. The van der Waals surface area contributed by atoms with Gasteiger partial charge in [0.05, 0.1) is 6.61 Å². The molecule has 0 bridgehead atoms. The van der Waals surface area contributed by atoms with Crippen LogP contribution in [0, 0.1) is 22.7 Å². The minimum absolute atomic E-state index is 0.0376. The zero-order valence-electron chi connectivity index (χ0n) is 14.7. The molecule has 0 aromatic carbocycles. The lowest BCUT2D eigenvalue weighted by atomic mass is 9.46. The second-order valence-corrected chi connectivity index (χ2v) is 8.10. The topological polar surface area (TPSA) is 46.5 Å². The number of carbonyl (C=O) groups excluding carboxylic acids is 1. The summed E-state index contributed by atoms with van der Waals surface area (Å²) in [6.07, 6.45) is 10.6. The van der Waals surface area contributed by atoms with Crippen LogP contribution in [0.4, 0.5) is 0 Å².